The number of thiophene rings is 1. The molecule has 0 radical (unpaired) electrons. The van der Waals surface area contributed by atoms with Gasteiger partial charge in [0.2, 0.25) is 0 Å². The molecule has 0 bridgehead atoms. The zero-order valence-corrected chi connectivity index (χ0v) is 13.2. The summed E-state index contributed by atoms with van der Waals surface area (Å²) in [5.41, 5.74) is 1.94. The van der Waals surface area contributed by atoms with Crippen molar-refractivity contribution in [3.05, 3.63) is 45.1 Å². The van der Waals surface area contributed by atoms with Crippen LogP contribution >= 0.6 is 27.3 Å². The first-order chi connectivity index (χ1) is 10.1. The van der Waals surface area contributed by atoms with Crippen LogP contribution in [0.3, 0.4) is 0 Å². The third kappa shape index (κ3) is 3.08. The molecule has 7 heteroatoms. The number of amides is 2. The van der Waals surface area contributed by atoms with E-state index in [9.17, 15) is 9.59 Å². The predicted molar refractivity (Wildman–Crippen MR) is 85.1 cm³/mol. The summed E-state index contributed by atoms with van der Waals surface area (Å²) in [5, 5.41) is 4.60. The molecular weight excluding hydrogens is 356 g/mol. The van der Waals surface area contributed by atoms with Crippen molar-refractivity contribution in [1.82, 2.24) is 0 Å². The largest absolute Gasteiger partial charge is 0.447 e. The van der Waals surface area contributed by atoms with Crippen LogP contribution in [0.5, 0.6) is 0 Å². The average Bonchev–Trinajstić information content (AvgIpc) is 3.08. The molecule has 108 valence electrons. The van der Waals surface area contributed by atoms with Gasteiger partial charge in [0.15, 0.2) is 0 Å². The van der Waals surface area contributed by atoms with Crippen LogP contribution in [-0.4, -0.2) is 25.2 Å². The summed E-state index contributed by atoms with van der Waals surface area (Å²) in [6, 6.07) is 8.90. The van der Waals surface area contributed by atoms with Crippen molar-refractivity contribution in [2.75, 3.05) is 23.4 Å². The highest BCUT2D eigenvalue weighted by Gasteiger charge is 2.23. The Bertz CT molecular complexity index is 701. The fraction of sp³-hybridized carbons (Fsp3) is 0.143. The number of nitrogens with one attached hydrogen (secondary N) is 1. The average molecular weight is 367 g/mol. The van der Waals surface area contributed by atoms with Crippen LogP contribution in [0.15, 0.2) is 39.5 Å². The summed E-state index contributed by atoms with van der Waals surface area (Å²) in [5.74, 6) is -0.182. The van der Waals surface area contributed by atoms with Crippen molar-refractivity contribution in [2.24, 2.45) is 0 Å². The molecule has 5 nitrogen and oxygen atoms in total. The van der Waals surface area contributed by atoms with Gasteiger partial charge in [0, 0.05) is 16.8 Å². The minimum Gasteiger partial charge on any atom is -0.447 e. The highest BCUT2D eigenvalue weighted by molar-refractivity contribution is 9.11. The third-order valence-corrected chi connectivity index (χ3v) is 4.51. The maximum absolute atomic E-state index is 12.1. The number of anilines is 2. The molecule has 0 unspecified atom stereocenters. The zero-order chi connectivity index (χ0) is 14.8. The number of carbonyl (C=O) groups excluding carboxylic acids is 2. The van der Waals surface area contributed by atoms with Gasteiger partial charge in [0.05, 0.1) is 15.9 Å². The van der Waals surface area contributed by atoms with E-state index < -0.39 is 0 Å². The monoisotopic (exact) mass is 366 g/mol. The Balaban J connectivity index is 1.77. The summed E-state index contributed by atoms with van der Waals surface area (Å²) in [7, 11) is 0. The fourth-order valence-electron chi connectivity index (χ4n) is 2.01. The van der Waals surface area contributed by atoms with Gasteiger partial charge < -0.3 is 10.1 Å². The summed E-state index contributed by atoms with van der Waals surface area (Å²) >= 11 is 4.78. The lowest BCUT2D eigenvalue weighted by Crippen LogP contribution is -2.23. The van der Waals surface area contributed by atoms with Crippen molar-refractivity contribution in [1.29, 1.82) is 0 Å². The number of nitrogens with zero attached hydrogens (tertiary/aromatic N) is 1. The van der Waals surface area contributed by atoms with Crippen molar-refractivity contribution >= 4 is 50.6 Å². The fourth-order valence-corrected chi connectivity index (χ4v) is 3.15. The van der Waals surface area contributed by atoms with Gasteiger partial charge in [-0.25, -0.2) is 4.79 Å². The molecule has 0 saturated carbocycles. The Labute approximate surface area is 133 Å². The number of hydrogen-bond donors (Lipinski definition) is 1. The van der Waals surface area contributed by atoms with Crippen LogP contribution in [-0.2, 0) is 4.74 Å². The minimum atomic E-state index is -0.361. The summed E-state index contributed by atoms with van der Waals surface area (Å²) < 4.78 is 5.81. The molecule has 0 spiro atoms. The molecule has 1 aromatic heterocycles. The number of hydrogen-bond acceptors (Lipinski definition) is 4. The molecular formula is C14H11BrN2O3S. The van der Waals surface area contributed by atoms with E-state index in [1.54, 1.807) is 29.6 Å². The van der Waals surface area contributed by atoms with Crippen molar-refractivity contribution in [3.8, 4) is 0 Å². The zero-order valence-electron chi connectivity index (χ0n) is 10.8. The van der Waals surface area contributed by atoms with Crippen LogP contribution in [0.4, 0.5) is 16.2 Å². The Morgan fingerprint density at radius 2 is 2.24 bits per heavy atom. The normalized spacial score (nSPS) is 14.1. The third-order valence-electron chi connectivity index (χ3n) is 3.01. The minimum absolute atomic E-state index is 0.182. The second kappa shape index (κ2) is 5.87. The molecule has 21 heavy (non-hydrogen) atoms. The number of carbonyl (C=O) groups is 2. The molecule has 2 aromatic rings. The van der Waals surface area contributed by atoms with E-state index in [0.29, 0.717) is 30.1 Å². The first-order valence-electron chi connectivity index (χ1n) is 6.23. The lowest BCUT2D eigenvalue weighted by molar-refractivity contribution is 0.102. The second-order valence-corrected chi connectivity index (χ2v) is 6.70. The van der Waals surface area contributed by atoms with Gasteiger partial charge >= 0.3 is 6.09 Å². The van der Waals surface area contributed by atoms with Crippen LogP contribution in [0.25, 0.3) is 0 Å². The second-order valence-electron chi connectivity index (χ2n) is 4.41. The highest BCUT2D eigenvalue weighted by Crippen LogP contribution is 2.24. The Hall–Kier alpha value is -1.86. The number of benzene rings is 1. The number of rotatable bonds is 3. The molecule has 2 amide bonds. The van der Waals surface area contributed by atoms with E-state index in [1.807, 2.05) is 6.07 Å². The van der Waals surface area contributed by atoms with Gasteiger partial charge in [0.25, 0.3) is 5.91 Å². The first kappa shape index (κ1) is 14.1. The van der Waals surface area contributed by atoms with Crippen LogP contribution in [0.1, 0.15) is 10.4 Å². The van der Waals surface area contributed by atoms with Gasteiger partial charge in [0.1, 0.15) is 6.61 Å². The lowest BCUT2D eigenvalue weighted by Gasteiger charge is -2.14. The van der Waals surface area contributed by atoms with E-state index in [2.05, 4.69) is 21.2 Å². The lowest BCUT2D eigenvalue weighted by atomic mass is 10.2. The number of cyclic esters (lactones) is 1. The quantitative estimate of drug-likeness (QED) is 0.900. The molecule has 1 aliphatic rings. The van der Waals surface area contributed by atoms with Gasteiger partial charge in [-0.1, -0.05) is 6.07 Å². The Kier molecular flexibility index (Phi) is 3.94. The molecule has 1 aliphatic heterocycles. The summed E-state index contributed by atoms with van der Waals surface area (Å²) in [4.78, 5) is 25.2. The van der Waals surface area contributed by atoms with Gasteiger partial charge in [-0.05, 0) is 40.2 Å². The molecule has 2 heterocycles. The maximum atomic E-state index is 12.1. The van der Waals surface area contributed by atoms with Crippen LogP contribution in [0, 0.1) is 0 Å². The van der Waals surface area contributed by atoms with Crippen molar-refractivity contribution in [2.45, 2.75) is 0 Å². The molecule has 0 aliphatic carbocycles. The SMILES string of the molecule is O=C(Nc1cccc(N2CCOC2=O)c1)c1csc(Br)c1. The maximum Gasteiger partial charge on any atom is 0.414 e. The molecule has 1 fully saturated rings. The highest BCUT2D eigenvalue weighted by atomic mass is 79.9. The standard InChI is InChI=1S/C14H11BrN2O3S/c15-12-6-9(8-21-12)13(18)16-10-2-1-3-11(7-10)17-4-5-20-14(17)19/h1-3,6-8H,4-5H2,(H,16,18). The van der Waals surface area contributed by atoms with Crippen molar-refractivity contribution in [3.63, 3.8) is 0 Å². The molecule has 0 atom stereocenters. The molecule has 1 N–H and O–H groups in total. The topological polar surface area (TPSA) is 58.6 Å². The Morgan fingerprint density at radius 3 is 2.90 bits per heavy atom. The first-order valence-corrected chi connectivity index (χ1v) is 7.90. The van der Waals surface area contributed by atoms with Gasteiger partial charge in [-0.3, -0.25) is 9.69 Å². The molecule has 3 rings (SSSR count). The van der Waals surface area contributed by atoms with E-state index in [-0.39, 0.29) is 12.0 Å². The van der Waals surface area contributed by atoms with E-state index in [1.165, 1.54) is 16.2 Å². The summed E-state index contributed by atoms with van der Waals surface area (Å²) in [6.07, 6.45) is -0.361. The number of halogens is 1. The van der Waals surface area contributed by atoms with E-state index in [0.717, 1.165) is 3.79 Å². The predicted octanol–water partition coefficient (Wildman–Crippen LogP) is 3.72. The molecule has 1 saturated heterocycles. The molecule has 1 aromatic carbocycles. The van der Waals surface area contributed by atoms with Crippen molar-refractivity contribution < 1.29 is 14.3 Å². The van der Waals surface area contributed by atoms with Gasteiger partial charge in [-0.2, -0.15) is 0 Å². The van der Waals surface area contributed by atoms with Gasteiger partial charge in [-0.15, -0.1) is 11.3 Å². The summed E-state index contributed by atoms with van der Waals surface area (Å²) in [6.45, 7) is 0.909. The number of ether oxygens (including phenoxy) is 1. The van der Waals surface area contributed by atoms with Crippen LogP contribution < -0.4 is 10.2 Å². The smallest absolute Gasteiger partial charge is 0.414 e. The van der Waals surface area contributed by atoms with E-state index >= 15 is 0 Å². The Morgan fingerprint density at radius 1 is 1.38 bits per heavy atom. The van der Waals surface area contributed by atoms with Crippen LogP contribution in [0.2, 0.25) is 0 Å². The van der Waals surface area contributed by atoms with E-state index in [4.69, 9.17) is 4.74 Å².